The monoisotopic (exact) mass is 434 g/mol. The molecule has 1 aromatic heterocycles. The lowest BCUT2D eigenvalue weighted by Gasteiger charge is -2.38. The van der Waals surface area contributed by atoms with Crippen molar-refractivity contribution in [3.05, 3.63) is 35.0 Å². The quantitative estimate of drug-likeness (QED) is 0.705. The summed E-state index contributed by atoms with van der Waals surface area (Å²) < 4.78 is 20.2. The molecule has 0 radical (unpaired) electrons. The molecular weight excluding hydrogens is 407 g/mol. The van der Waals surface area contributed by atoms with Crippen LogP contribution < -0.4 is 11.1 Å². The molecule has 3 N–H and O–H groups in total. The average Bonchev–Trinajstić information content (AvgIpc) is 2.76. The Hall–Kier alpha value is -1.96. The van der Waals surface area contributed by atoms with Crippen LogP contribution in [0.25, 0.3) is 10.9 Å². The molecule has 3 heterocycles. The van der Waals surface area contributed by atoms with E-state index in [-0.39, 0.29) is 5.91 Å². The normalized spacial score (nSPS) is 20.3. The van der Waals surface area contributed by atoms with Gasteiger partial charge in [-0.1, -0.05) is 11.6 Å². The molecule has 0 atom stereocenters. The fourth-order valence-electron chi connectivity index (χ4n) is 4.39. The molecule has 2 fully saturated rings. The molecule has 162 valence electrons. The molecule has 8 heteroatoms. The summed E-state index contributed by atoms with van der Waals surface area (Å²) in [5, 5.41) is 4.05. The number of aromatic nitrogens is 1. The zero-order chi connectivity index (χ0) is 21.1. The number of hydrogen-bond donors (Lipinski definition) is 2. The highest BCUT2D eigenvalue weighted by molar-refractivity contribution is 6.35. The molecule has 4 rings (SSSR count). The number of carbonyl (C=O) groups is 1. The molecule has 0 saturated carbocycles. The van der Waals surface area contributed by atoms with Crippen LogP contribution in [0.3, 0.4) is 0 Å². The van der Waals surface area contributed by atoms with Crippen LogP contribution >= 0.6 is 11.6 Å². The third kappa shape index (κ3) is 4.68. The van der Waals surface area contributed by atoms with E-state index in [1.165, 1.54) is 0 Å². The van der Waals surface area contributed by atoms with Crippen molar-refractivity contribution in [3.8, 4) is 0 Å². The van der Waals surface area contributed by atoms with Gasteiger partial charge in [-0.15, -0.1) is 0 Å². The molecule has 2 saturated heterocycles. The number of piperidine rings is 1. The van der Waals surface area contributed by atoms with Gasteiger partial charge in [-0.2, -0.15) is 0 Å². The number of nitrogens with one attached hydrogen (secondary N) is 1. The molecular formula is C22H28ClFN4O2. The van der Waals surface area contributed by atoms with Crippen molar-refractivity contribution in [2.75, 3.05) is 45.1 Å². The van der Waals surface area contributed by atoms with Crippen molar-refractivity contribution in [2.24, 2.45) is 5.92 Å². The molecule has 2 aliphatic rings. The summed E-state index contributed by atoms with van der Waals surface area (Å²) in [5.41, 5.74) is 6.32. The van der Waals surface area contributed by atoms with Crippen LogP contribution in [-0.2, 0) is 4.74 Å². The Balaban J connectivity index is 1.31. The predicted octanol–water partition coefficient (Wildman–Crippen LogP) is 3.43. The number of rotatable bonds is 5. The molecule has 6 nitrogen and oxygen atoms in total. The van der Waals surface area contributed by atoms with E-state index in [2.05, 4.69) is 15.2 Å². The predicted molar refractivity (Wildman–Crippen MR) is 117 cm³/mol. The number of nitrogen functional groups attached to an aromatic ring is 1. The number of hydrogen-bond acceptors (Lipinski definition) is 5. The molecule has 0 aliphatic carbocycles. The van der Waals surface area contributed by atoms with Crippen LogP contribution in [0.2, 0.25) is 5.02 Å². The van der Waals surface area contributed by atoms with Gasteiger partial charge in [-0.3, -0.25) is 9.78 Å². The first kappa shape index (κ1) is 21.3. The van der Waals surface area contributed by atoms with Crippen molar-refractivity contribution in [3.63, 3.8) is 0 Å². The average molecular weight is 435 g/mol. The van der Waals surface area contributed by atoms with Gasteiger partial charge in [0.1, 0.15) is 5.67 Å². The smallest absolute Gasteiger partial charge is 0.253 e. The highest BCUT2D eigenvalue weighted by Gasteiger charge is 2.35. The van der Waals surface area contributed by atoms with Crippen LogP contribution in [-0.4, -0.2) is 60.9 Å². The van der Waals surface area contributed by atoms with Crippen LogP contribution in [0.5, 0.6) is 0 Å². The van der Waals surface area contributed by atoms with Crippen molar-refractivity contribution in [1.29, 1.82) is 0 Å². The lowest BCUT2D eigenvalue weighted by molar-refractivity contribution is -0.0314. The summed E-state index contributed by atoms with van der Waals surface area (Å²) in [6, 6.07) is 5.16. The molecule has 0 bridgehead atoms. The van der Waals surface area contributed by atoms with Crippen LogP contribution in [0.4, 0.5) is 10.1 Å². The summed E-state index contributed by atoms with van der Waals surface area (Å²) in [7, 11) is 0. The third-order valence-corrected chi connectivity index (χ3v) is 6.59. The number of nitrogens with two attached hydrogens (primary N) is 1. The van der Waals surface area contributed by atoms with Crippen molar-refractivity contribution in [2.45, 2.75) is 31.4 Å². The number of fused-ring (bicyclic) bond motifs is 1. The van der Waals surface area contributed by atoms with E-state index >= 15 is 0 Å². The fraction of sp³-hybridized carbons (Fsp3) is 0.545. The van der Waals surface area contributed by atoms with E-state index in [0.717, 1.165) is 25.9 Å². The van der Waals surface area contributed by atoms with Gasteiger partial charge in [0.2, 0.25) is 0 Å². The first-order valence-electron chi connectivity index (χ1n) is 10.6. The second-order valence-corrected chi connectivity index (χ2v) is 8.82. The number of nitrogens with zero attached hydrogens (tertiary/aromatic N) is 2. The standard InChI is InChI=1S/C22H28ClFN4O2/c23-18-12-17(20-16(19(18)25)2-1-7-26-20)21(29)27-13-15-3-8-28(9-4-15)14-22(24)5-10-30-11-6-22/h1-2,7,12,15H,3-6,8-11,13-14,25H2,(H,27,29). The SMILES string of the molecule is Nc1c(Cl)cc(C(=O)NCC2CCN(CC3(F)CCOCC3)CC2)c2ncccc12. The van der Waals surface area contributed by atoms with Gasteiger partial charge in [0.05, 0.1) is 21.8 Å². The second kappa shape index (κ2) is 9.04. The van der Waals surface area contributed by atoms with Gasteiger partial charge >= 0.3 is 0 Å². The van der Waals surface area contributed by atoms with E-state index in [1.807, 2.05) is 6.07 Å². The molecule has 0 unspecified atom stereocenters. The Morgan fingerprint density at radius 1 is 1.37 bits per heavy atom. The first-order chi connectivity index (χ1) is 14.5. The zero-order valence-electron chi connectivity index (χ0n) is 17.0. The Kier molecular flexibility index (Phi) is 6.41. The van der Waals surface area contributed by atoms with Gasteiger partial charge in [0.25, 0.3) is 5.91 Å². The molecule has 1 aromatic carbocycles. The maximum absolute atomic E-state index is 14.9. The maximum atomic E-state index is 14.9. The van der Waals surface area contributed by atoms with E-state index in [0.29, 0.717) is 72.2 Å². The fourth-order valence-corrected chi connectivity index (χ4v) is 4.60. The van der Waals surface area contributed by atoms with E-state index < -0.39 is 5.67 Å². The summed E-state index contributed by atoms with van der Waals surface area (Å²) >= 11 is 6.22. The number of pyridine rings is 1. The Morgan fingerprint density at radius 3 is 2.83 bits per heavy atom. The first-order valence-corrected chi connectivity index (χ1v) is 10.9. The van der Waals surface area contributed by atoms with Crippen LogP contribution in [0, 0.1) is 5.92 Å². The van der Waals surface area contributed by atoms with E-state index in [1.54, 1.807) is 18.3 Å². The molecule has 1 amide bonds. The zero-order valence-corrected chi connectivity index (χ0v) is 17.8. The van der Waals surface area contributed by atoms with Gasteiger partial charge in [0, 0.05) is 50.7 Å². The van der Waals surface area contributed by atoms with Gasteiger partial charge in [-0.25, -0.2) is 4.39 Å². The number of alkyl halides is 1. The summed E-state index contributed by atoms with van der Waals surface area (Å²) in [5.74, 6) is 0.173. The number of likely N-dealkylation sites (tertiary alicyclic amines) is 1. The van der Waals surface area contributed by atoms with Crippen molar-refractivity contribution >= 4 is 34.1 Å². The van der Waals surface area contributed by atoms with Gasteiger partial charge < -0.3 is 20.7 Å². The molecule has 2 aromatic rings. The summed E-state index contributed by atoms with van der Waals surface area (Å²) in [4.78, 5) is 19.3. The number of halogens is 2. The lowest BCUT2D eigenvalue weighted by Crippen LogP contribution is -2.47. The molecule has 0 spiro atoms. The van der Waals surface area contributed by atoms with E-state index in [4.69, 9.17) is 22.1 Å². The second-order valence-electron chi connectivity index (χ2n) is 8.41. The minimum absolute atomic E-state index is 0.201. The third-order valence-electron chi connectivity index (χ3n) is 6.28. The van der Waals surface area contributed by atoms with E-state index in [9.17, 15) is 9.18 Å². The summed E-state index contributed by atoms with van der Waals surface area (Å²) in [6.45, 7) is 3.79. The molecule has 30 heavy (non-hydrogen) atoms. The molecule has 2 aliphatic heterocycles. The largest absolute Gasteiger partial charge is 0.397 e. The number of benzene rings is 1. The Labute approximate surface area is 180 Å². The minimum atomic E-state index is -1.12. The number of anilines is 1. The van der Waals surface area contributed by atoms with Crippen LogP contribution in [0.15, 0.2) is 24.4 Å². The number of carbonyl (C=O) groups excluding carboxylic acids is 1. The maximum Gasteiger partial charge on any atom is 0.253 e. The Bertz CT molecular complexity index is 911. The Morgan fingerprint density at radius 2 is 2.10 bits per heavy atom. The van der Waals surface area contributed by atoms with Gasteiger partial charge in [-0.05, 0) is 50.0 Å². The summed E-state index contributed by atoms with van der Waals surface area (Å²) in [6.07, 6.45) is 4.48. The number of amides is 1. The highest BCUT2D eigenvalue weighted by Crippen LogP contribution is 2.31. The van der Waals surface area contributed by atoms with Crippen LogP contribution in [0.1, 0.15) is 36.0 Å². The van der Waals surface area contributed by atoms with Crippen molar-refractivity contribution < 1.29 is 13.9 Å². The topological polar surface area (TPSA) is 80.5 Å². The van der Waals surface area contributed by atoms with Crippen molar-refractivity contribution in [1.82, 2.24) is 15.2 Å². The highest BCUT2D eigenvalue weighted by atomic mass is 35.5. The lowest BCUT2D eigenvalue weighted by atomic mass is 9.92. The van der Waals surface area contributed by atoms with Gasteiger partial charge in [0.15, 0.2) is 0 Å². The number of ether oxygens (including phenoxy) is 1. The minimum Gasteiger partial charge on any atom is -0.397 e.